The molecule has 1 fully saturated rings. The highest BCUT2D eigenvalue weighted by Crippen LogP contribution is 2.43. The van der Waals surface area contributed by atoms with Crippen molar-refractivity contribution in [1.82, 2.24) is 14.8 Å². The molecule has 2 aromatic carbocycles. The van der Waals surface area contributed by atoms with Gasteiger partial charge in [0.15, 0.2) is 11.6 Å². The number of aromatic amines is 1. The van der Waals surface area contributed by atoms with Crippen LogP contribution in [0.4, 0.5) is 23.7 Å². The molecule has 222 valence electrons. The van der Waals surface area contributed by atoms with Crippen molar-refractivity contribution >= 4 is 64.2 Å². The molecular weight excluding hydrogens is 640 g/mol. The molecular formula is C27H22Cl3F3N4O4S. The Bertz CT molecular complexity index is 1650. The number of methoxy groups -OCH3 is 1. The number of anilines is 1. The minimum atomic E-state index is -3.94. The van der Waals surface area contributed by atoms with Crippen LogP contribution in [-0.2, 0) is 18.5 Å². The second kappa shape index (κ2) is 11.6. The van der Waals surface area contributed by atoms with Gasteiger partial charge in [-0.2, -0.15) is 8.78 Å². The Labute approximate surface area is 257 Å². The lowest BCUT2D eigenvalue weighted by Crippen LogP contribution is -2.47. The van der Waals surface area contributed by atoms with E-state index in [1.54, 1.807) is 19.2 Å². The Morgan fingerprint density at radius 2 is 1.81 bits per heavy atom. The number of carbonyl (C=O) groups is 2. The highest BCUT2D eigenvalue weighted by Gasteiger charge is 2.37. The summed E-state index contributed by atoms with van der Waals surface area (Å²) in [5.41, 5.74) is -1.77. The molecule has 0 atom stereocenters. The molecule has 1 N–H and O–H groups in total. The zero-order chi connectivity index (χ0) is 30.5. The standard InChI is InChI=1S/C27H22Cl3F3N4O4S/c1-35-7-4-8-37(26(35)40)17-9-13-11-36(12-14(13)21(31)22(17)41-2)25(39)20-18(10-19(27(30,32)33)34-24(20)38)42-23-15(28)5-3-6-16(23)29/h3,5-6,9-10H,4,7-8,11-12H2,1-2H3,(H,34,38). The summed E-state index contributed by atoms with van der Waals surface area (Å²) in [6.07, 6.45) is 0.657. The van der Waals surface area contributed by atoms with Crippen LogP contribution in [0.5, 0.6) is 5.75 Å². The highest BCUT2D eigenvalue weighted by atomic mass is 35.5. The van der Waals surface area contributed by atoms with Gasteiger partial charge >= 0.3 is 11.4 Å². The first kappa shape index (κ1) is 30.4. The maximum atomic E-state index is 15.8. The van der Waals surface area contributed by atoms with E-state index in [1.165, 1.54) is 33.9 Å². The number of benzene rings is 2. The first-order valence-corrected chi connectivity index (χ1v) is 14.4. The SMILES string of the molecule is COc1c(N2CCCN(C)C2=O)cc2c(c1F)CN(C(=O)c1c(Sc3c(Cl)cccc3Cl)cc(C(F)(F)Cl)[nH]c1=O)C2. The van der Waals surface area contributed by atoms with Gasteiger partial charge in [-0.3, -0.25) is 14.5 Å². The molecule has 0 bridgehead atoms. The lowest BCUT2D eigenvalue weighted by Gasteiger charge is -2.34. The molecule has 2 aliphatic rings. The van der Waals surface area contributed by atoms with Crippen LogP contribution in [0.2, 0.25) is 10.0 Å². The number of aromatic nitrogens is 1. The van der Waals surface area contributed by atoms with E-state index in [0.29, 0.717) is 25.1 Å². The van der Waals surface area contributed by atoms with Crippen LogP contribution in [0, 0.1) is 5.82 Å². The van der Waals surface area contributed by atoms with E-state index >= 15 is 4.39 Å². The number of urea groups is 1. The maximum absolute atomic E-state index is 15.8. The summed E-state index contributed by atoms with van der Waals surface area (Å²) in [4.78, 5) is 45.9. The van der Waals surface area contributed by atoms with Crippen molar-refractivity contribution in [3.63, 3.8) is 0 Å². The third-order valence-electron chi connectivity index (χ3n) is 6.97. The van der Waals surface area contributed by atoms with Crippen molar-refractivity contribution in [2.75, 3.05) is 32.1 Å². The minimum Gasteiger partial charge on any atom is -0.492 e. The topological polar surface area (TPSA) is 85.9 Å². The predicted octanol–water partition coefficient (Wildman–Crippen LogP) is 6.69. The quantitative estimate of drug-likeness (QED) is 0.298. The molecule has 0 unspecified atom stereocenters. The van der Waals surface area contributed by atoms with E-state index in [9.17, 15) is 23.2 Å². The highest BCUT2D eigenvalue weighted by molar-refractivity contribution is 7.99. The van der Waals surface area contributed by atoms with E-state index in [0.717, 1.165) is 17.8 Å². The zero-order valence-electron chi connectivity index (χ0n) is 22.1. The van der Waals surface area contributed by atoms with Crippen molar-refractivity contribution in [3.8, 4) is 5.75 Å². The number of halogens is 6. The number of alkyl halides is 3. The molecule has 8 nitrogen and oxygen atoms in total. The van der Waals surface area contributed by atoms with E-state index in [2.05, 4.69) is 0 Å². The Hall–Kier alpha value is -3.06. The largest absolute Gasteiger partial charge is 0.492 e. The molecule has 1 saturated heterocycles. The van der Waals surface area contributed by atoms with Gasteiger partial charge in [-0.1, -0.05) is 41.0 Å². The number of nitrogens with one attached hydrogen (secondary N) is 1. The molecule has 42 heavy (non-hydrogen) atoms. The molecule has 3 amide bonds. The van der Waals surface area contributed by atoms with Crippen LogP contribution >= 0.6 is 46.6 Å². The summed E-state index contributed by atoms with van der Waals surface area (Å²) in [5.74, 6) is -1.75. The molecule has 0 aliphatic carbocycles. The Morgan fingerprint density at radius 1 is 1.12 bits per heavy atom. The van der Waals surface area contributed by atoms with Gasteiger partial charge in [0.25, 0.3) is 11.5 Å². The normalized spacial score (nSPS) is 15.3. The first-order chi connectivity index (χ1) is 19.8. The summed E-state index contributed by atoms with van der Waals surface area (Å²) in [5, 5.41) is -3.61. The van der Waals surface area contributed by atoms with Gasteiger partial charge in [0.1, 0.15) is 11.3 Å². The molecule has 0 saturated carbocycles. The number of rotatable bonds is 6. The van der Waals surface area contributed by atoms with Gasteiger partial charge in [-0.05, 0) is 47.9 Å². The summed E-state index contributed by atoms with van der Waals surface area (Å²) in [7, 11) is 2.92. The molecule has 3 heterocycles. The predicted molar refractivity (Wildman–Crippen MR) is 154 cm³/mol. The van der Waals surface area contributed by atoms with Crippen LogP contribution in [-0.4, -0.2) is 54.0 Å². The minimum absolute atomic E-state index is 0.121. The number of hydrogen-bond acceptors (Lipinski definition) is 5. The van der Waals surface area contributed by atoms with Crippen molar-refractivity contribution in [1.29, 1.82) is 0 Å². The van der Waals surface area contributed by atoms with Gasteiger partial charge in [0.05, 0.1) is 22.8 Å². The Morgan fingerprint density at radius 3 is 2.45 bits per heavy atom. The van der Waals surface area contributed by atoms with Gasteiger partial charge in [-0.15, -0.1) is 0 Å². The van der Waals surface area contributed by atoms with Gasteiger partial charge in [0.2, 0.25) is 0 Å². The fourth-order valence-corrected chi connectivity index (χ4v) is 6.66. The smallest absolute Gasteiger partial charge is 0.362 e. The summed E-state index contributed by atoms with van der Waals surface area (Å²) in [6.45, 7) is 0.534. The lowest BCUT2D eigenvalue weighted by atomic mass is 10.1. The third kappa shape index (κ3) is 5.52. The number of ether oxygens (including phenoxy) is 1. The number of carbonyl (C=O) groups excluding carboxylic acids is 2. The number of fused-ring (bicyclic) bond motifs is 1. The second-order valence-corrected chi connectivity index (χ2v) is 12.0. The van der Waals surface area contributed by atoms with Crippen molar-refractivity contribution in [2.24, 2.45) is 0 Å². The van der Waals surface area contributed by atoms with E-state index in [1.807, 2.05) is 4.98 Å². The third-order valence-corrected chi connectivity index (χ3v) is 9.21. The number of H-pyrrole nitrogens is 1. The molecule has 1 aromatic heterocycles. The molecule has 2 aliphatic heterocycles. The monoisotopic (exact) mass is 660 g/mol. The summed E-state index contributed by atoms with van der Waals surface area (Å²) < 4.78 is 49.2. The summed E-state index contributed by atoms with van der Waals surface area (Å²) in [6, 6.07) is 6.74. The van der Waals surface area contributed by atoms with Crippen LogP contribution in [0.3, 0.4) is 0 Å². The van der Waals surface area contributed by atoms with Gasteiger partial charge < -0.3 is 19.5 Å². The maximum Gasteiger partial charge on any atom is 0.362 e. The van der Waals surface area contributed by atoms with E-state index in [-0.39, 0.29) is 56.0 Å². The molecule has 0 spiro atoms. The van der Waals surface area contributed by atoms with Crippen molar-refractivity contribution in [3.05, 3.63) is 78.9 Å². The number of nitrogens with zero attached hydrogens (tertiary/aromatic N) is 3. The van der Waals surface area contributed by atoms with Crippen molar-refractivity contribution < 1.29 is 27.5 Å². The number of hydrogen-bond donors (Lipinski definition) is 1. The van der Waals surface area contributed by atoms with Gasteiger partial charge in [0, 0.05) is 48.6 Å². The molecule has 0 radical (unpaired) electrons. The Balaban J connectivity index is 1.55. The number of amides is 3. The van der Waals surface area contributed by atoms with E-state index in [4.69, 9.17) is 39.5 Å². The first-order valence-electron chi connectivity index (χ1n) is 12.5. The fraction of sp³-hybridized carbons (Fsp3) is 0.296. The van der Waals surface area contributed by atoms with Crippen LogP contribution < -0.4 is 15.2 Å². The second-order valence-electron chi connectivity index (χ2n) is 9.65. The molecule has 15 heteroatoms. The van der Waals surface area contributed by atoms with Crippen LogP contribution in [0.1, 0.15) is 33.6 Å². The van der Waals surface area contributed by atoms with Gasteiger partial charge in [-0.25, -0.2) is 9.18 Å². The van der Waals surface area contributed by atoms with Crippen LogP contribution in [0.15, 0.2) is 44.9 Å². The zero-order valence-corrected chi connectivity index (χ0v) is 25.2. The molecule has 3 aromatic rings. The number of pyridine rings is 1. The molecule has 5 rings (SSSR count). The summed E-state index contributed by atoms with van der Waals surface area (Å²) >= 11 is 18.5. The average Bonchev–Trinajstić information content (AvgIpc) is 3.36. The Kier molecular flexibility index (Phi) is 8.36. The lowest BCUT2D eigenvalue weighted by molar-refractivity contribution is 0.0739. The average molecular weight is 662 g/mol. The van der Waals surface area contributed by atoms with Crippen LogP contribution in [0.25, 0.3) is 0 Å². The fourth-order valence-electron chi connectivity index (χ4n) is 4.92. The van der Waals surface area contributed by atoms with Crippen molar-refractivity contribution in [2.45, 2.75) is 34.7 Å². The van der Waals surface area contributed by atoms with E-state index < -0.39 is 33.9 Å².